The third-order valence-electron chi connectivity index (χ3n) is 3.49. The van der Waals surface area contributed by atoms with E-state index in [0.717, 1.165) is 18.4 Å². The van der Waals surface area contributed by atoms with Gasteiger partial charge in [-0.2, -0.15) is 0 Å². The third-order valence-corrected chi connectivity index (χ3v) is 3.49. The largest absolute Gasteiger partial charge is 0.396 e. The van der Waals surface area contributed by atoms with Crippen molar-refractivity contribution in [3.63, 3.8) is 0 Å². The van der Waals surface area contributed by atoms with E-state index < -0.39 is 6.10 Å². The molecule has 1 aromatic carbocycles. The number of aliphatic hydroxyl groups excluding tert-OH is 2. The second-order valence-electron chi connectivity index (χ2n) is 4.15. The van der Waals surface area contributed by atoms with E-state index in [1.807, 2.05) is 31.2 Å². The summed E-state index contributed by atoms with van der Waals surface area (Å²) < 4.78 is 0. The molecule has 0 aromatic heterocycles. The van der Waals surface area contributed by atoms with Crippen molar-refractivity contribution in [3.05, 3.63) is 35.4 Å². The van der Waals surface area contributed by atoms with Gasteiger partial charge in [0.05, 0.1) is 12.7 Å². The van der Waals surface area contributed by atoms with E-state index in [1.165, 1.54) is 5.56 Å². The lowest BCUT2D eigenvalue weighted by atomic mass is 9.81. The molecule has 0 bridgehead atoms. The van der Waals surface area contributed by atoms with Crippen LogP contribution < -0.4 is 0 Å². The van der Waals surface area contributed by atoms with Crippen molar-refractivity contribution in [1.29, 1.82) is 0 Å². The third kappa shape index (κ3) is 1.18. The van der Waals surface area contributed by atoms with Crippen molar-refractivity contribution in [3.8, 4) is 0 Å². The van der Waals surface area contributed by atoms with Crippen LogP contribution in [0.1, 0.15) is 30.6 Å². The number of hydrogen-bond acceptors (Lipinski definition) is 2. The topological polar surface area (TPSA) is 40.5 Å². The molecule has 0 heterocycles. The molecule has 1 aromatic rings. The molecule has 0 spiro atoms. The van der Waals surface area contributed by atoms with Gasteiger partial charge in [0, 0.05) is 5.41 Å². The Labute approximate surface area is 84.2 Å². The Morgan fingerprint density at radius 1 is 1.43 bits per heavy atom. The summed E-state index contributed by atoms with van der Waals surface area (Å²) in [5, 5.41) is 19.5. The minimum Gasteiger partial charge on any atom is -0.396 e. The monoisotopic (exact) mass is 192 g/mol. The highest BCUT2D eigenvalue weighted by molar-refractivity contribution is 5.36. The number of benzene rings is 1. The summed E-state index contributed by atoms with van der Waals surface area (Å²) in [5.74, 6) is 0. The molecule has 2 nitrogen and oxygen atoms in total. The highest BCUT2D eigenvalue weighted by atomic mass is 16.3. The summed E-state index contributed by atoms with van der Waals surface area (Å²) in [5.41, 5.74) is 1.82. The molecule has 0 amide bonds. The molecule has 14 heavy (non-hydrogen) atoms. The van der Waals surface area contributed by atoms with Gasteiger partial charge in [-0.1, -0.05) is 31.2 Å². The van der Waals surface area contributed by atoms with Crippen molar-refractivity contribution in [1.82, 2.24) is 0 Å². The second kappa shape index (κ2) is 3.37. The summed E-state index contributed by atoms with van der Waals surface area (Å²) in [6.07, 6.45) is 1.09. The molecule has 0 fully saturated rings. The van der Waals surface area contributed by atoms with Gasteiger partial charge in [0.25, 0.3) is 0 Å². The van der Waals surface area contributed by atoms with E-state index in [9.17, 15) is 10.2 Å². The molecule has 2 N–H and O–H groups in total. The van der Waals surface area contributed by atoms with Crippen LogP contribution in [0.5, 0.6) is 0 Å². The highest BCUT2D eigenvalue weighted by Crippen LogP contribution is 2.47. The number of rotatable bonds is 2. The Kier molecular flexibility index (Phi) is 2.33. The van der Waals surface area contributed by atoms with Crippen LogP contribution in [0.25, 0.3) is 0 Å². The zero-order valence-electron chi connectivity index (χ0n) is 8.40. The SMILES string of the molecule is CC[C@]1(CO)Cc2ccccc2[C@H]1O. The molecule has 2 rings (SSSR count). The predicted molar refractivity (Wildman–Crippen MR) is 54.9 cm³/mol. The summed E-state index contributed by atoms with van der Waals surface area (Å²) in [4.78, 5) is 0. The Hall–Kier alpha value is -0.860. The second-order valence-corrected chi connectivity index (χ2v) is 4.15. The molecule has 1 aliphatic rings. The Bertz CT molecular complexity index is 329. The van der Waals surface area contributed by atoms with Gasteiger partial charge in [-0.25, -0.2) is 0 Å². The summed E-state index contributed by atoms with van der Waals surface area (Å²) >= 11 is 0. The average molecular weight is 192 g/mol. The molecule has 1 aliphatic carbocycles. The Balaban J connectivity index is 2.42. The van der Waals surface area contributed by atoms with Crippen LogP contribution >= 0.6 is 0 Å². The maximum absolute atomic E-state index is 10.1. The first-order valence-electron chi connectivity index (χ1n) is 5.10. The van der Waals surface area contributed by atoms with Gasteiger partial charge >= 0.3 is 0 Å². The summed E-state index contributed by atoms with van der Waals surface area (Å²) in [6.45, 7) is 2.07. The van der Waals surface area contributed by atoms with E-state index in [1.54, 1.807) is 0 Å². The first kappa shape index (κ1) is 9.69. The summed E-state index contributed by atoms with van der Waals surface area (Å²) in [6, 6.07) is 7.90. The van der Waals surface area contributed by atoms with Gasteiger partial charge in [0.1, 0.15) is 0 Å². The van der Waals surface area contributed by atoms with Crippen LogP contribution in [0.2, 0.25) is 0 Å². The van der Waals surface area contributed by atoms with Crippen molar-refractivity contribution in [2.24, 2.45) is 5.41 Å². The smallest absolute Gasteiger partial charge is 0.0873 e. The molecular weight excluding hydrogens is 176 g/mol. The lowest BCUT2D eigenvalue weighted by Gasteiger charge is -2.29. The van der Waals surface area contributed by atoms with Gasteiger partial charge in [0.2, 0.25) is 0 Å². The van der Waals surface area contributed by atoms with Crippen molar-refractivity contribution in [2.75, 3.05) is 6.61 Å². The van der Waals surface area contributed by atoms with Crippen LogP contribution in [0.3, 0.4) is 0 Å². The summed E-state index contributed by atoms with van der Waals surface area (Å²) in [7, 11) is 0. The molecule has 0 saturated heterocycles. The van der Waals surface area contributed by atoms with Crippen molar-refractivity contribution in [2.45, 2.75) is 25.9 Å². The normalized spacial score (nSPS) is 30.4. The van der Waals surface area contributed by atoms with Gasteiger partial charge in [-0.05, 0) is 24.0 Å². The van der Waals surface area contributed by atoms with Crippen LogP contribution in [0, 0.1) is 5.41 Å². The lowest BCUT2D eigenvalue weighted by molar-refractivity contribution is -0.00853. The molecule has 2 heteroatoms. The van der Waals surface area contributed by atoms with E-state index in [4.69, 9.17) is 0 Å². The minimum absolute atomic E-state index is 0.0549. The molecule has 0 unspecified atom stereocenters. The predicted octanol–water partition coefficient (Wildman–Crippen LogP) is 1.66. The molecule has 0 saturated carbocycles. The van der Waals surface area contributed by atoms with Crippen LogP contribution in [-0.2, 0) is 6.42 Å². The van der Waals surface area contributed by atoms with Crippen molar-refractivity contribution < 1.29 is 10.2 Å². The quantitative estimate of drug-likeness (QED) is 0.748. The van der Waals surface area contributed by atoms with Gasteiger partial charge in [-0.3, -0.25) is 0 Å². The molecule has 0 radical (unpaired) electrons. The van der Waals surface area contributed by atoms with Gasteiger partial charge in [0.15, 0.2) is 0 Å². The fraction of sp³-hybridized carbons (Fsp3) is 0.500. The van der Waals surface area contributed by atoms with E-state index in [2.05, 4.69) is 0 Å². The standard InChI is InChI=1S/C12H16O2/c1-2-12(8-13)7-9-5-3-4-6-10(9)11(12)14/h3-6,11,13-14H,2,7-8H2,1H3/t11-,12-/m1/s1. The Morgan fingerprint density at radius 3 is 2.71 bits per heavy atom. The average Bonchev–Trinajstić information content (AvgIpc) is 2.53. The molecular formula is C12H16O2. The van der Waals surface area contributed by atoms with E-state index in [-0.39, 0.29) is 12.0 Å². The molecule has 2 atom stereocenters. The van der Waals surface area contributed by atoms with Gasteiger partial charge < -0.3 is 10.2 Å². The van der Waals surface area contributed by atoms with E-state index in [0.29, 0.717) is 0 Å². The van der Waals surface area contributed by atoms with Gasteiger partial charge in [-0.15, -0.1) is 0 Å². The first-order chi connectivity index (χ1) is 6.73. The number of hydrogen-bond donors (Lipinski definition) is 2. The Morgan fingerprint density at radius 2 is 2.14 bits per heavy atom. The van der Waals surface area contributed by atoms with E-state index >= 15 is 0 Å². The maximum Gasteiger partial charge on any atom is 0.0873 e. The fourth-order valence-corrected chi connectivity index (χ4v) is 2.34. The zero-order valence-corrected chi connectivity index (χ0v) is 8.40. The van der Waals surface area contributed by atoms with Crippen LogP contribution in [0.4, 0.5) is 0 Å². The zero-order chi connectivity index (χ0) is 10.2. The lowest BCUT2D eigenvalue weighted by Crippen LogP contribution is -2.29. The molecule has 0 aliphatic heterocycles. The fourth-order valence-electron chi connectivity index (χ4n) is 2.34. The minimum atomic E-state index is -0.506. The van der Waals surface area contributed by atoms with Crippen molar-refractivity contribution >= 4 is 0 Å². The van der Waals surface area contributed by atoms with Crippen LogP contribution in [-0.4, -0.2) is 16.8 Å². The first-order valence-corrected chi connectivity index (χ1v) is 5.10. The molecule has 76 valence electrons. The number of aliphatic hydroxyl groups is 2. The number of fused-ring (bicyclic) bond motifs is 1. The highest BCUT2D eigenvalue weighted by Gasteiger charge is 2.43. The van der Waals surface area contributed by atoms with Crippen LogP contribution in [0.15, 0.2) is 24.3 Å². The maximum atomic E-state index is 10.1.